The number of aromatic nitrogens is 2. The van der Waals surface area contributed by atoms with Gasteiger partial charge >= 0.3 is 6.01 Å². The molecule has 10 nitrogen and oxygen atoms in total. The van der Waals surface area contributed by atoms with Gasteiger partial charge in [-0.25, -0.2) is 8.78 Å². The van der Waals surface area contributed by atoms with Crippen molar-refractivity contribution in [1.82, 2.24) is 24.7 Å². The number of ether oxygens (including phenoxy) is 3. The first-order chi connectivity index (χ1) is 21.4. The van der Waals surface area contributed by atoms with Crippen molar-refractivity contribution in [3.05, 3.63) is 77.4 Å². The van der Waals surface area contributed by atoms with Gasteiger partial charge in [-0.3, -0.25) is 14.6 Å². The van der Waals surface area contributed by atoms with Crippen molar-refractivity contribution in [1.29, 1.82) is 0 Å². The second kappa shape index (κ2) is 17.6. The average Bonchev–Trinajstić information content (AvgIpc) is 3.05. The summed E-state index contributed by atoms with van der Waals surface area (Å²) in [6.07, 6.45) is -2.69. The summed E-state index contributed by atoms with van der Waals surface area (Å²) in [6.45, 7) is 3.78. The van der Waals surface area contributed by atoms with E-state index in [1.54, 1.807) is 11.8 Å². The molecule has 2 aliphatic heterocycles. The Labute approximate surface area is 280 Å². The predicted octanol–water partition coefficient (Wildman–Crippen LogP) is 3.89. The van der Waals surface area contributed by atoms with Gasteiger partial charge in [0.2, 0.25) is 17.7 Å². The molecule has 2 aliphatic rings. The number of carbonyl (C=O) groups excluding carboxylic acids is 1. The molecule has 2 aromatic carbocycles. The second-order valence-electron chi connectivity index (χ2n) is 10.9. The van der Waals surface area contributed by atoms with Crippen LogP contribution in [0.4, 0.5) is 8.78 Å². The van der Waals surface area contributed by atoms with Crippen LogP contribution in [0.3, 0.4) is 0 Å². The maximum Gasteiger partial charge on any atom is 0.323 e. The fraction of sp³-hybridized carbons (Fsp3) is 0.469. The Hall–Kier alpha value is -3.29. The number of fused-ring (bicyclic) bond motifs is 1. The van der Waals surface area contributed by atoms with E-state index in [4.69, 9.17) is 14.2 Å². The van der Waals surface area contributed by atoms with E-state index in [1.165, 1.54) is 18.2 Å². The van der Waals surface area contributed by atoms with Crippen LogP contribution in [-0.4, -0.2) is 114 Å². The first-order valence-corrected chi connectivity index (χ1v) is 14.9. The molecule has 0 bridgehead atoms. The van der Waals surface area contributed by atoms with Crippen LogP contribution in [0.5, 0.6) is 17.8 Å². The molecule has 5 rings (SSSR count). The van der Waals surface area contributed by atoms with Crippen LogP contribution in [-0.2, 0) is 11.3 Å². The highest BCUT2D eigenvalue weighted by atomic mass is 35.5. The summed E-state index contributed by atoms with van der Waals surface area (Å²) in [5.41, 5.74) is 2.78. The number of aliphatic hydroxyl groups excluding tert-OH is 1. The van der Waals surface area contributed by atoms with Gasteiger partial charge in [-0.15, -0.1) is 24.8 Å². The van der Waals surface area contributed by atoms with Crippen LogP contribution in [0.15, 0.2) is 60.7 Å². The van der Waals surface area contributed by atoms with Crippen molar-refractivity contribution in [2.75, 3.05) is 59.7 Å². The number of rotatable bonds is 12. The second-order valence-corrected chi connectivity index (χ2v) is 10.9. The molecule has 1 amide bonds. The topological polar surface area (TPSA) is 100 Å². The van der Waals surface area contributed by atoms with E-state index in [-0.39, 0.29) is 79.6 Å². The van der Waals surface area contributed by atoms with Crippen LogP contribution in [0.25, 0.3) is 0 Å². The highest BCUT2D eigenvalue weighted by Gasteiger charge is 2.43. The number of hydrogen-bond acceptors (Lipinski definition) is 9. The van der Waals surface area contributed by atoms with Gasteiger partial charge < -0.3 is 24.2 Å². The molecule has 3 heterocycles. The first-order valence-electron chi connectivity index (χ1n) is 14.9. The largest absolute Gasteiger partial charge is 0.481 e. The van der Waals surface area contributed by atoms with Gasteiger partial charge in [0.25, 0.3) is 6.43 Å². The lowest BCUT2D eigenvalue weighted by molar-refractivity contribution is -0.139. The standard InChI is InChI=1S/C32H39F2N5O5.2ClH/c1-3-43-32-35-30(42-2)25(31(36-32)44-21-27(33)34)18-37-16-24-17-38(28(41)20-40)14-15-39(24)26(19-37)29(22-10-6-4-7-11-22)23-12-8-5-9-13-23;;/h4-13,24,26-27,29,40H,3,14-21H2,1-2H3;2*1H/t24-,26+;;/m1../s1. The fourth-order valence-electron chi connectivity index (χ4n) is 6.33. The normalized spacial score (nSPS) is 18.4. The number of benzene rings is 2. The van der Waals surface area contributed by atoms with Crippen molar-refractivity contribution in [3.63, 3.8) is 0 Å². The van der Waals surface area contributed by atoms with Crippen molar-refractivity contribution in [3.8, 4) is 17.8 Å². The number of hydrogen-bond donors (Lipinski definition) is 1. The van der Waals surface area contributed by atoms with Crippen LogP contribution in [0.2, 0.25) is 0 Å². The lowest BCUT2D eigenvalue weighted by Crippen LogP contribution is -2.67. The Morgan fingerprint density at radius 1 is 0.935 bits per heavy atom. The number of alkyl halides is 2. The minimum absolute atomic E-state index is 0. The van der Waals surface area contributed by atoms with Crippen LogP contribution >= 0.6 is 24.8 Å². The Balaban J connectivity index is 0.00000288. The van der Waals surface area contributed by atoms with Crippen LogP contribution < -0.4 is 14.2 Å². The maximum atomic E-state index is 13.2. The summed E-state index contributed by atoms with van der Waals surface area (Å²) in [4.78, 5) is 27.6. The third-order valence-electron chi connectivity index (χ3n) is 8.16. The minimum atomic E-state index is -2.69. The molecule has 3 aromatic rings. The Bertz CT molecular complexity index is 1340. The summed E-state index contributed by atoms with van der Waals surface area (Å²) >= 11 is 0. The molecule has 252 valence electrons. The molecule has 1 N–H and O–H groups in total. The zero-order chi connectivity index (χ0) is 31.1. The molecule has 0 unspecified atom stereocenters. The molecule has 0 radical (unpaired) electrons. The summed E-state index contributed by atoms with van der Waals surface area (Å²) in [7, 11) is 1.46. The van der Waals surface area contributed by atoms with Crippen LogP contribution in [0, 0.1) is 0 Å². The lowest BCUT2D eigenvalue weighted by Gasteiger charge is -2.53. The van der Waals surface area contributed by atoms with E-state index in [1.807, 2.05) is 36.4 Å². The van der Waals surface area contributed by atoms with E-state index in [0.717, 1.165) is 0 Å². The zero-order valence-corrected chi connectivity index (χ0v) is 27.5. The molecule has 0 saturated carbocycles. The zero-order valence-electron chi connectivity index (χ0n) is 25.8. The van der Waals surface area contributed by atoms with E-state index in [0.29, 0.717) is 38.3 Å². The first kappa shape index (κ1) is 37.2. The molecule has 0 aliphatic carbocycles. The Morgan fingerprint density at radius 3 is 2.13 bits per heavy atom. The summed E-state index contributed by atoms with van der Waals surface area (Å²) < 4.78 is 43.0. The number of aliphatic hydroxyl groups is 1. The van der Waals surface area contributed by atoms with Crippen molar-refractivity contribution < 1.29 is 32.9 Å². The minimum Gasteiger partial charge on any atom is -0.481 e. The van der Waals surface area contributed by atoms with Gasteiger partial charge in [-0.1, -0.05) is 60.7 Å². The third-order valence-corrected chi connectivity index (χ3v) is 8.16. The van der Waals surface area contributed by atoms with Gasteiger partial charge in [-0.2, -0.15) is 9.97 Å². The summed E-state index contributed by atoms with van der Waals surface area (Å²) in [5, 5.41) is 9.59. The van der Waals surface area contributed by atoms with Gasteiger partial charge in [0.05, 0.1) is 19.3 Å². The van der Waals surface area contributed by atoms with E-state index in [2.05, 4.69) is 44.0 Å². The fourth-order valence-corrected chi connectivity index (χ4v) is 6.33. The molecule has 0 spiro atoms. The molecule has 46 heavy (non-hydrogen) atoms. The number of methoxy groups -OCH3 is 1. The highest BCUT2D eigenvalue weighted by Crippen LogP contribution is 2.37. The average molecular weight is 685 g/mol. The van der Waals surface area contributed by atoms with Gasteiger partial charge in [0.1, 0.15) is 6.61 Å². The summed E-state index contributed by atoms with van der Waals surface area (Å²) in [6, 6.07) is 20.6. The Kier molecular flexibility index (Phi) is 14.2. The quantitative estimate of drug-likeness (QED) is 0.305. The van der Waals surface area contributed by atoms with Crippen molar-refractivity contribution in [2.45, 2.75) is 37.9 Å². The molecule has 2 fully saturated rings. The number of nitrogens with zero attached hydrogens (tertiary/aromatic N) is 5. The van der Waals surface area contributed by atoms with Crippen molar-refractivity contribution >= 4 is 30.7 Å². The number of amides is 1. The van der Waals surface area contributed by atoms with E-state index >= 15 is 0 Å². The third kappa shape index (κ3) is 8.74. The van der Waals surface area contributed by atoms with Crippen LogP contribution in [0.1, 0.15) is 29.5 Å². The highest BCUT2D eigenvalue weighted by molar-refractivity contribution is 5.85. The molecular weight excluding hydrogens is 643 g/mol. The maximum absolute atomic E-state index is 13.2. The molecular formula is C32H41Cl2F2N5O5. The summed E-state index contributed by atoms with van der Waals surface area (Å²) in [5.74, 6) is -0.112. The van der Waals surface area contributed by atoms with Crippen molar-refractivity contribution in [2.24, 2.45) is 0 Å². The predicted molar refractivity (Wildman–Crippen MR) is 174 cm³/mol. The van der Waals surface area contributed by atoms with Gasteiger partial charge in [-0.05, 0) is 18.1 Å². The number of halogens is 4. The van der Waals surface area contributed by atoms with E-state index in [9.17, 15) is 18.7 Å². The van der Waals surface area contributed by atoms with E-state index < -0.39 is 19.6 Å². The Morgan fingerprint density at radius 2 is 1.57 bits per heavy atom. The van der Waals surface area contributed by atoms with Gasteiger partial charge in [0, 0.05) is 57.3 Å². The molecule has 1 aromatic heterocycles. The lowest BCUT2D eigenvalue weighted by atomic mass is 9.81. The smallest absolute Gasteiger partial charge is 0.323 e. The number of carbonyl (C=O) groups is 1. The molecule has 2 saturated heterocycles. The number of piperazine rings is 2. The molecule has 14 heteroatoms. The molecule has 2 atom stereocenters. The SMILES string of the molecule is CCOc1nc(OC)c(CN2C[C@@H]3CN(C(=O)CO)CCN3[C@H](C(c3ccccc3)c3ccccc3)C2)c(OCC(F)F)n1.Cl.Cl. The van der Waals surface area contributed by atoms with Gasteiger partial charge in [0.15, 0.2) is 6.61 Å². The monoisotopic (exact) mass is 683 g/mol.